The number of fused-ring (bicyclic) bond motifs is 2. The summed E-state index contributed by atoms with van der Waals surface area (Å²) in [4.78, 5) is 17.4. The van der Waals surface area contributed by atoms with Crippen molar-refractivity contribution in [1.29, 1.82) is 0 Å². The van der Waals surface area contributed by atoms with Crippen LogP contribution < -0.4 is 10.6 Å². The van der Waals surface area contributed by atoms with Crippen LogP contribution in [0.15, 0.2) is 18.3 Å². The van der Waals surface area contributed by atoms with Gasteiger partial charge in [-0.3, -0.25) is 4.79 Å². The van der Waals surface area contributed by atoms with Crippen LogP contribution in [-0.4, -0.2) is 53.2 Å². The van der Waals surface area contributed by atoms with Crippen LogP contribution in [0.25, 0.3) is 0 Å². The highest BCUT2D eigenvalue weighted by Crippen LogP contribution is 2.42. The minimum absolute atomic E-state index is 0. The van der Waals surface area contributed by atoms with Crippen molar-refractivity contribution in [3.8, 4) is 0 Å². The van der Waals surface area contributed by atoms with E-state index in [2.05, 4.69) is 27.0 Å². The molecule has 0 radical (unpaired) electrons. The van der Waals surface area contributed by atoms with Crippen molar-refractivity contribution < 1.29 is 4.79 Å². The largest absolute Gasteiger partial charge is 0.355 e. The minimum Gasteiger partial charge on any atom is -0.355 e. The summed E-state index contributed by atoms with van der Waals surface area (Å²) in [6.45, 7) is 1.71. The first kappa shape index (κ1) is 20.3. The van der Waals surface area contributed by atoms with Crippen LogP contribution in [0.4, 0.5) is 5.82 Å². The Balaban J connectivity index is 0.00000210. The lowest BCUT2D eigenvalue weighted by molar-refractivity contribution is -0.139. The monoisotopic (exact) mass is 393 g/mol. The summed E-state index contributed by atoms with van der Waals surface area (Å²) in [5, 5.41) is 8.18. The lowest BCUT2D eigenvalue weighted by atomic mass is 9.65. The minimum atomic E-state index is 0. The van der Waals surface area contributed by atoms with Crippen molar-refractivity contribution >= 4 is 24.1 Å². The van der Waals surface area contributed by atoms with Gasteiger partial charge in [-0.25, -0.2) is 0 Å². The Bertz CT molecular complexity index is 608. The summed E-state index contributed by atoms with van der Waals surface area (Å²) in [6.07, 6.45) is 9.44. The number of amides is 1. The van der Waals surface area contributed by atoms with Crippen LogP contribution in [0.1, 0.15) is 44.9 Å². The molecule has 1 saturated heterocycles. The number of carbonyl (C=O) groups excluding carboxylic acids is 1. The smallest absolute Gasteiger partial charge is 0.225 e. The molecule has 2 bridgehead atoms. The molecule has 2 saturated carbocycles. The maximum Gasteiger partial charge on any atom is 0.225 e. The van der Waals surface area contributed by atoms with Gasteiger partial charge in [-0.2, -0.15) is 5.10 Å². The Hall–Kier alpha value is -1.40. The Morgan fingerprint density at radius 2 is 1.85 bits per heavy atom. The summed E-state index contributed by atoms with van der Waals surface area (Å²) < 4.78 is 0. The molecular weight excluding hydrogens is 362 g/mol. The molecule has 150 valence electrons. The summed E-state index contributed by atoms with van der Waals surface area (Å²) in [5.41, 5.74) is 6.39. The molecule has 2 heterocycles. The molecule has 4 rings (SSSR count). The molecule has 6 nitrogen and oxygen atoms in total. The molecule has 3 aliphatic rings. The van der Waals surface area contributed by atoms with Crippen LogP contribution >= 0.6 is 12.4 Å². The van der Waals surface area contributed by atoms with Crippen molar-refractivity contribution in [1.82, 2.24) is 15.1 Å². The van der Waals surface area contributed by atoms with Gasteiger partial charge in [-0.1, -0.05) is 6.42 Å². The van der Waals surface area contributed by atoms with Crippen molar-refractivity contribution in [2.75, 3.05) is 25.0 Å². The van der Waals surface area contributed by atoms with Gasteiger partial charge in [0.1, 0.15) is 0 Å². The molecule has 2 unspecified atom stereocenters. The van der Waals surface area contributed by atoms with E-state index in [0.29, 0.717) is 29.8 Å². The number of likely N-dealkylation sites (tertiary alicyclic amines) is 1. The van der Waals surface area contributed by atoms with Crippen LogP contribution in [0.5, 0.6) is 0 Å². The molecule has 1 amide bonds. The number of hydrogen-bond donors (Lipinski definition) is 1. The first-order chi connectivity index (χ1) is 12.6. The van der Waals surface area contributed by atoms with E-state index in [0.717, 1.165) is 44.6 Å². The molecule has 7 heteroatoms. The Labute approximate surface area is 168 Å². The van der Waals surface area contributed by atoms with Crippen molar-refractivity contribution in [3.05, 3.63) is 18.3 Å². The van der Waals surface area contributed by atoms with Crippen molar-refractivity contribution in [2.45, 2.75) is 57.0 Å². The van der Waals surface area contributed by atoms with Gasteiger partial charge in [0.15, 0.2) is 5.82 Å². The first-order valence-corrected chi connectivity index (χ1v) is 10.2. The Kier molecular flexibility index (Phi) is 6.58. The highest BCUT2D eigenvalue weighted by atomic mass is 35.5. The molecular formula is C20H32ClN5O. The van der Waals surface area contributed by atoms with E-state index in [1.807, 2.05) is 12.1 Å². The second-order valence-corrected chi connectivity index (χ2v) is 8.45. The first-order valence-electron chi connectivity index (χ1n) is 10.2. The van der Waals surface area contributed by atoms with E-state index >= 15 is 0 Å². The Morgan fingerprint density at radius 3 is 2.44 bits per heavy atom. The van der Waals surface area contributed by atoms with E-state index in [1.54, 1.807) is 6.20 Å². The Morgan fingerprint density at radius 1 is 1.19 bits per heavy atom. The fraction of sp³-hybridized carbons (Fsp3) is 0.750. The molecule has 1 aliphatic heterocycles. The summed E-state index contributed by atoms with van der Waals surface area (Å²) >= 11 is 0. The SMILES string of the molecule is CN(c1cccnn1)C1CCN(C(=O)C2CC3CCCC(C2)C3N)CC1.Cl. The maximum atomic E-state index is 13.1. The molecule has 2 N–H and O–H groups in total. The van der Waals surface area contributed by atoms with Crippen LogP contribution in [0.3, 0.4) is 0 Å². The zero-order valence-corrected chi connectivity index (χ0v) is 17.0. The van der Waals surface area contributed by atoms with Gasteiger partial charge in [0.25, 0.3) is 0 Å². The van der Waals surface area contributed by atoms with Gasteiger partial charge in [-0.05, 0) is 62.5 Å². The highest BCUT2D eigenvalue weighted by Gasteiger charge is 2.42. The lowest BCUT2D eigenvalue weighted by Gasteiger charge is -2.45. The second kappa shape index (κ2) is 8.74. The fourth-order valence-electron chi connectivity index (χ4n) is 5.39. The van der Waals surface area contributed by atoms with Crippen molar-refractivity contribution in [3.63, 3.8) is 0 Å². The number of carbonyl (C=O) groups is 1. The fourth-order valence-corrected chi connectivity index (χ4v) is 5.39. The zero-order chi connectivity index (χ0) is 18.1. The van der Waals surface area contributed by atoms with Crippen molar-refractivity contribution in [2.24, 2.45) is 23.5 Å². The number of nitrogens with zero attached hydrogens (tertiary/aromatic N) is 4. The molecule has 2 atom stereocenters. The van der Waals surface area contributed by atoms with Gasteiger partial charge in [0.2, 0.25) is 5.91 Å². The standard InChI is InChI=1S/C20H31N5O.ClH/c1-24(18-6-3-9-22-23-18)17-7-10-25(11-8-17)20(26)16-12-14-4-2-5-15(13-16)19(14)21;/h3,6,9,14-17,19H,2,4-5,7-8,10-13,21H2,1H3;1H. The number of piperidine rings is 1. The topological polar surface area (TPSA) is 75.4 Å². The average Bonchev–Trinajstić information content (AvgIpc) is 2.67. The average molecular weight is 394 g/mol. The predicted molar refractivity (Wildman–Crippen MR) is 109 cm³/mol. The van der Waals surface area contributed by atoms with Crippen LogP contribution in [0, 0.1) is 17.8 Å². The molecule has 2 aliphatic carbocycles. The molecule has 0 spiro atoms. The highest BCUT2D eigenvalue weighted by molar-refractivity contribution is 5.85. The second-order valence-electron chi connectivity index (χ2n) is 8.45. The summed E-state index contributed by atoms with van der Waals surface area (Å²) in [6, 6.07) is 4.67. The molecule has 3 fully saturated rings. The van der Waals surface area contributed by atoms with E-state index in [-0.39, 0.29) is 18.3 Å². The molecule has 1 aromatic rings. The van der Waals surface area contributed by atoms with Crippen LogP contribution in [0.2, 0.25) is 0 Å². The number of hydrogen-bond acceptors (Lipinski definition) is 5. The maximum absolute atomic E-state index is 13.1. The van der Waals surface area contributed by atoms with Gasteiger partial charge in [0.05, 0.1) is 0 Å². The van der Waals surface area contributed by atoms with E-state index in [1.165, 1.54) is 19.3 Å². The van der Waals surface area contributed by atoms with Gasteiger partial charge in [-0.15, -0.1) is 17.5 Å². The third-order valence-corrected chi connectivity index (χ3v) is 7.01. The zero-order valence-electron chi connectivity index (χ0n) is 16.2. The lowest BCUT2D eigenvalue weighted by Crippen LogP contribution is -2.52. The summed E-state index contributed by atoms with van der Waals surface area (Å²) in [5.74, 6) is 2.63. The number of nitrogens with two attached hydrogens (primary N) is 1. The molecule has 0 aromatic carbocycles. The van der Waals surface area contributed by atoms with Gasteiger partial charge in [0, 0.05) is 44.3 Å². The summed E-state index contributed by atoms with van der Waals surface area (Å²) in [7, 11) is 2.08. The normalized spacial score (nSPS) is 31.1. The van der Waals surface area contributed by atoms with Gasteiger partial charge < -0.3 is 15.5 Å². The number of rotatable bonds is 3. The quantitative estimate of drug-likeness (QED) is 0.853. The number of aromatic nitrogens is 2. The molecule has 1 aromatic heterocycles. The predicted octanol–water partition coefficient (Wildman–Crippen LogP) is 2.48. The van der Waals surface area contributed by atoms with E-state index in [9.17, 15) is 4.79 Å². The number of anilines is 1. The third kappa shape index (κ3) is 4.21. The molecule has 27 heavy (non-hydrogen) atoms. The van der Waals surface area contributed by atoms with E-state index < -0.39 is 0 Å². The van der Waals surface area contributed by atoms with Gasteiger partial charge >= 0.3 is 0 Å². The van der Waals surface area contributed by atoms with E-state index in [4.69, 9.17) is 5.73 Å². The van der Waals surface area contributed by atoms with Crippen LogP contribution in [-0.2, 0) is 4.79 Å². The third-order valence-electron chi connectivity index (χ3n) is 7.01. The number of halogens is 1.